The monoisotopic (exact) mass is 489 g/mol. The zero-order valence-electron chi connectivity index (χ0n) is 18.1. The second-order valence-electron chi connectivity index (χ2n) is 7.49. The molecular formula is C22H19ClF3N7O. The van der Waals surface area contributed by atoms with Gasteiger partial charge in [0.05, 0.1) is 17.7 Å². The van der Waals surface area contributed by atoms with Crippen LogP contribution in [-0.4, -0.2) is 35.8 Å². The van der Waals surface area contributed by atoms with Gasteiger partial charge in [0, 0.05) is 29.7 Å². The second-order valence-corrected chi connectivity index (χ2v) is 7.90. The summed E-state index contributed by atoms with van der Waals surface area (Å²) in [5.74, 6) is 0.957. The fourth-order valence-corrected chi connectivity index (χ4v) is 3.24. The third kappa shape index (κ3) is 5.60. The van der Waals surface area contributed by atoms with E-state index < -0.39 is 11.9 Å². The number of rotatable bonds is 7. The van der Waals surface area contributed by atoms with Gasteiger partial charge in [-0.2, -0.15) is 18.3 Å². The van der Waals surface area contributed by atoms with Crippen molar-refractivity contribution in [1.82, 2.24) is 29.7 Å². The number of aromatic nitrogens is 6. The molecule has 0 aliphatic heterocycles. The van der Waals surface area contributed by atoms with Gasteiger partial charge in [-0.05, 0) is 37.6 Å². The van der Waals surface area contributed by atoms with Gasteiger partial charge in [0.25, 0.3) is 0 Å². The lowest BCUT2D eigenvalue weighted by Crippen LogP contribution is -2.13. The molecule has 12 heteroatoms. The molecule has 4 aromatic rings. The lowest BCUT2D eigenvalue weighted by Gasteiger charge is -2.13. The first kappa shape index (κ1) is 23.4. The number of halogens is 4. The number of nitrogens with zero attached hydrogens (tertiary/aromatic N) is 6. The molecule has 0 spiro atoms. The highest BCUT2D eigenvalue weighted by atomic mass is 35.5. The van der Waals surface area contributed by atoms with Crippen LogP contribution in [-0.2, 0) is 12.7 Å². The first-order valence-corrected chi connectivity index (χ1v) is 10.5. The maximum Gasteiger partial charge on any atom is 0.433 e. The van der Waals surface area contributed by atoms with Crippen LogP contribution in [0.4, 0.5) is 18.9 Å². The van der Waals surface area contributed by atoms with Gasteiger partial charge in [-0.25, -0.2) is 24.6 Å². The molecule has 0 aliphatic carbocycles. The van der Waals surface area contributed by atoms with E-state index in [0.29, 0.717) is 16.6 Å². The standard InChI is InChI=1S/C22H19ClF3N7O/c1-13(2)34-18-4-3-14(5-17(18)23)15-8-29-20(30-9-15)10-28-16-6-19(22(24,25)26)32-21(7-16)33-12-27-11-31-33/h3-9,11-13H,10H2,1-2H3,(H,28,32). The molecule has 0 bridgehead atoms. The van der Waals surface area contributed by atoms with E-state index in [4.69, 9.17) is 16.3 Å². The van der Waals surface area contributed by atoms with Gasteiger partial charge in [-0.3, -0.25) is 0 Å². The van der Waals surface area contributed by atoms with Crippen molar-refractivity contribution < 1.29 is 17.9 Å². The number of ether oxygens (including phenoxy) is 1. The first-order valence-electron chi connectivity index (χ1n) is 10.1. The Bertz CT molecular complexity index is 1260. The maximum atomic E-state index is 13.3. The Balaban J connectivity index is 1.49. The van der Waals surface area contributed by atoms with Crippen LogP contribution < -0.4 is 10.1 Å². The predicted molar refractivity (Wildman–Crippen MR) is 120 cm³/mol. The van der Waals surface area contributed by atoms with Crippen molar-refractivity contribution in [3.8, 4) is 22.7 Å². The molecule has 3 heterocycles. The summed E-state index contributed by atoms with van der Waals surface area (Å²) in [4.78, 5) is 16.0. The van der Waals surface area contributed by atoms with Crippen molar-refractivity contribution in [3.63, 3.8) is 0 Å². The molecule has 0 amide bonds. The summed E-state index contributed by atoms with van der Waals surface area (Å²) in [7, 11) is 0. The molecule has 1 N–H and O–H groups in total. The smallest absolute Gasteiger partial charge is 0.433 e. The van der Waals surface area contributed by atoms with E-state index in [0.717, 1.165) is 21.9 Å². The number of alkyl halides is 3. The van der Waals surface area contributed by atoms with Crippen molar-refractivity contribution >= 4 is 17.3 Å². The van der Waals surface area contributed by atoms with Crippen LogP contribution in [0.5, 0.6) is 5.75 Å². The molecule has 0 aliphatic rings. The number of pyridine rings is 1. The molecule has 1 aromatic carbocycles. The average Bonchev–Trinajstić information content (AvgIpc) is 3.33. The van der Waals surface area contributed by atoms with Crippen LogP contribution in [0.15, 0.2) is 55.4 Å². The highest BCUT2D eigenvalue weighted by Gasteiger charge is 2.33. The van der Waals surface area contributed by atoms with Gasteiger partial charge in [-0.1, -0.05) is 17.7 Å². The largest absolute Gasteiger partial charge is 0.489 e. The summed E-state index contributed by atoms with van der Waals surface area (Å²) >= 11 is 6.30. The molecule has 0 atom stereocenters. The van der Waals surface area contributed by atoms with E-state index in [2.05, 4.69) is 30.4 Å². The molecule has 176 valence electrons. The molecule has 34 heavy (non-hydrogen) atoms. The van der Waals surface area contributed by atoms with Crippen molar-refractivity contribution in [2.45, 2.75) is 32.7 Å². The maximum absolute atomic E-state index is 13.3. The summed E-state index contributed by atoms with van der Waals surface area (Å²) in [6.45, 7) is 3.92. The molecule has 0 saturated heterocycles. The molecule has 0 saturated carbocycles. The van der Waals surface area contributed by atoms with E-state index in [1.807, 2.05) is 19.9 Å². The minimum atomic E-state index is -4.62. The van der Waals surface area contributed by atoms with Crippen LogP contribution in [0.25, 0.3) is 16.9 Å². The molecule has 0 fully saturated rings. The molecule has 0 unspecified atom stereocenters. The van der Waals surface area contributed by atoms with Crippen LogP contribution in [0, 0.1) is 0 Å². The number of hydrogen-bond acceptors (Lipinski definition) is 7. The number of hydrogen-bond donors (Lipinski definition) is 1. The Morgan fingerprint density at radius 1 is 1.09 bits per heavy atom. The Kier molecular flexibility index (Phi) is 6.64. The van der Waals surface area contributed by atoms with E-state index in [1.54, 1.807) is 24.5 Å². The fraction of sp³-hybridized carbons (Fsp3) is 0.227. The number of anilines is 1. The molecule has 0 radical (unpaired) electrons. The minimum Gasteiger partial charge on any atom is -0.489 e. The quantitative estimate of drug-likeness (QED) is 0.382. The Morgan fingerprint density at radius 2 is 1.85 bits per heavy atom. The van der Waals surface area contributed by atoms with E-state index in [1.165, 1.54) is 18.7 Å². The van der Waals surface area contributed by atoms with Gasteiger partial charge < -0.3 is 10.1 Å². The zero-order valence-corrected chi connectivity index (χ0v) is 18.8. The summed E-state index contributed by atoms with van der Waals surface area (Å²) in [5.41, 5.74) is 0.676. The van der Waals surface area contributed by atoms with Gasteiger partial charge in [0.1, 0.15) is 29.9 Å². The van der Waals surface area contributed by atoms with Crippen molar-refractivity contribution in [2.24, 2.45) is 0 Å². The lowest BCUT2D eigenvalue weighted by atomic mass is 10.1. The highest BCUT2D eigenvalue weighted by Crippen LogP contribution is 2.32. The molecular weight excluding hydrogens is 471 g/mol. The zero-order chi connectivity index (χ0) is 24.3. The third-order valence-corrected chi connectivity index (χ3v) is 4.83. The lowest BCUT2D eigenvalue weighted by molar-refractivity contribution is -0.141. The highest BCUT2D eigenvalue weighted by molar-refractivity contribution is 6.32. The third-order valence-electron chi connectivity index (χ3n) is 4.54. The normalized spacial score (nSPS) is 11.6. The molecule has 3 aromatic heterocycles. The second kappa shape index (κ2) is 9.64. The average molecular weight is 490 g/mol. The number of benzene rings is 1. The molecule has 4 rings (SSSR count). The molecule has 8 nitrogen and oxygen atoms in total. The van der Waals surface area contributed by atoms with Crippen molar-refractivity contribution in [3.05, 3.63) is 71.9 Å². The van der Waals surface area contributed by atoms with E-state index in [-0.39, 0.29) is 24.2 Å². The Morgan fingerprint density at radius 3 is 2.47 bits per heavy atom. The van der Waals surface area contributed by atoms with Gasteiger partial charge in [0.2, 0.25) is 0 Å². The minimum absolute atomic E-state index is 0.00152. The van der Waals surface area contributed by atoms with E-state index >= 15 is 0 Å². The van der Waals surface area contributed by atoms with Gasteiger partial charge in [0.15, 0.2) is 5.82 Å². The fourth-order valence-electron chi connectivity index (χ4n) is 3.01. The van der Waals surface area contributed by atoms with Crippen LogP contribution in [0.3, 0.4) is 0 Å². The predicted octanol–water partition coefficient (Wildman–Crippen LogP) is 5.19. The summed E-state index contributed by atoms with van der Waals surface area (Å²) in [5, 5.41) is 7.22. The van der Waals surface area contributed by atoms with E-state index in [9.17, 15) is 13.2 Å². The van der Waals surface area contributed by atoms with Gasteiger partial charge in [-0.15, -0.1) is 0 Å². The Hall–Kier alpha value is -3.73. The van der Waals surface area contributed by atoms with Crippen LogP contribution in [0.1, 0.15) is 25.4 Å². The van der Waals surface area contributed by atoms with Crippen LogP contribution in [0.2, 0.25) is 5.02 Å². The van der Waals surface area contributed by atoms with Crippen molar-refractivity contribution in [2.75, 3.05) is 5.32 Å². The van der Waals surface area contributed by atoms with Crippen molar-refractivity contribution in [1.29, 1.82) is 0 Å². The first-order chi connectivity index (χ1) is 16.2. The van der Waals surface area contributed by atoms with Crippen LogP contribution >= 0.6 is 11.6 Å². The van der Waals surface area contributed by atoms with Gasteiger partial charge >= 0.3 is 6.18 Å². The summed E-state index contributed by atoms with van der Waals surface area (Å²) in [6, 6.07) is 7.73. The SMILES string of the molecule is CC(C)Oc1ccc(-c2cnc(CNc3cc(-n4cncn4)nc(C(F)(F)F)c3)nc2)cc1Cl. The summed E-state index contributed by atoms with van der Waals surface area (Å²) < 4.78 is 46.7. The number of nitrogens with one attached hydrogen (secondary N) is 1. The topological polar surface area (TPSA) is 90.6 Å². The Labute approximate surface area is 197 Å². The summed E-state index contributed by atoms with van der Waals surface area (Å²) in [6.07, 6.45) is 1.09.